The number of rotatable bonds is 3. The van der Waals surface area contributed by atoms with Gasteiger partial charge in [-0.25, -0.2) is 14.8 Å². The van der Waals surface area contributed by atoms with Gasteiger partial charge in [-0.3, -0.25) is 0 Å². The van der Waals surface area contributed by atoms with Gasteiger partial charge in [0, 0.05) is 32.5 Å². The number of halogens is 1. The van der Waals surface area contributed by atoms with Crippen LogP contribution >= 0.6 is 15.9 Å². The second-order valence-electron chi connectivity index (χ2n) is 6.55. The van der Waals surface area contributed by atoms with E-state index in [1.165, 1.54) is 0 Å². The molecule has 7 heteroatoms. The number of ether oxygens (including phenoxy) is 1. The molecule has 1 amide bonds. The van der Waals surface area contributed by atoms with Crippen molar-refractivity contribution in [1.29, 1.82) is 0 Å². The average molecular weight is 371 g/mol. The van der Waals surface area contributed by atoms with Crippen LogP contribution in [0.25, 0.3) is 0 Å². The summed E-state index contributed by atoms with van der Waals surface area (Å²) in [5, 5.41) is 0. The number of carbonyl (C=O) groups excluding carboxylic acids is 1. The lowest BCUT2D eigenvalue weighted by Gasteiger charge is -2.30. The third-order valence-electron chi connectivity index (χ3n) is 3.44. The predicted octanol–water partition coefficient (Wildman–Crippen LogP) is 3.07. The number of likely N-dealkylation sites (tertiary alicyclic amines) is 1. The van der Waals surface area contributed by atoms with E-state index in [1.807, 2.05) is 37.6 Å². The first kappa shape index (κ1) is 17.0. The summed E-state index contributed by atoms with van der Waals surface area (Å²) in [6, 6.07) is 0.132. The zero-order valence-corrected chi connectivity index (χ0v) is 15.1. The fraction of sp³-hybridized carbons (Fsp3) is 0.667. The molecule has 122 valence electrons. The van der Waals surface area contributed by atoms with Crippen molar-refractivity contribution in [2.24, 2.45) is 0 Å². The van der Waals surface area contributed by atoms with E-state index in [2.05, 4.69) is 25.9 Å². The Kier molecular flexibility index (Phi) is 5.26. The fourth-order valence-electron chi connectivity index (χ4n) is 2.49. The van der Waals surface area contributed by atoms with Gasteiger partial charge in [-0.15, -0.1) is 0 Å². The van der Waals surface area contributed by atoms with Crippen molar-refractivity contribution in [2.45, 2.75) is 45.3 Å². The number of hydrogen-bond acceptors (Lipinski definition) is 5. The molecule has 1 aliphatic heterocycles. The molecule has 1 aromatic heterocycles. The van der Waals surface area contributed by atoms with Gasteiger partial charge in [-0.05, 0) is 49.5 Å². The van der Waals surface area contributed by atoms with Crippen molar-refractivity contribution in [1.82, 2.24) is 14.9 Å². The Hall–Kier alpha value is -1.37. The Morgan fingerprint density at radius 3 is 2.68 bits per heavy atom. The van der Waals surface area contributed by atoms with Gasteiger partial charge in [-0.1, -0.05) is 0 Å². The molecule has 0 spiro atoms. The second kappa shape index (κ2) is 6.81. The standard InChI is InChI=1S/C15H23BrN4O2/c1-15(2,3)22-14(21)20-7-5-6-12(20)10-19(4)13-17-8-11(16)9-18-13/h8-9,12H,5-7,10H2,1-4H3. The summed E-state index contributed by atoms with van der Waals surface area (Å²) in [6.07, 6.45) is 5.18. The number of aromatic nitrogens is 2. The highest BCUT2D eigenvalue weighted by molar-refractivity contribution is 9.10. The van der Waals surface area contributed by atoms with Gasteiger partial charge < -0.3 is 14.5 Å². The molecule has 1 aliphatic rings. The van der Waals surface area contributed by atoms with Gasteiger partial charge in [0.15, 0.2) is 0 Å². The number of carbonyl (C=O) groups is 1. The van der Waals surface area contributed by atoms with Crippen LogP contribution in [0.1, 0.15) is 33.6 Å². The summed E-state index contributed by atoms with van der Waals surface area (Å²) in [5.41, 5.74) is -0.467. The molecule has 6 nitrogen and oxygen atoms in total. The van der Waals surface area contributed by atoms with Crippen molar-refractivity contribution < 1.29 is 9.53 Å². The maximum Gasteiger partial charge on any atom is 0.410 e. The second-order valence-corrected chi connectivity index (χ2v) is 7.47. The molecule has 1 fully saturated rings. The first-order valence-electron chi connectivity index (χ1n) is 7.44. The Morgan fingerprint density at radius 1 is 1.45 bits per heavy atom. The van der Waals surface area contributed by atoms with Crippen molar-refractivity contribution in [3.05, 3.63) is 16.9 Å². The summed E-state index contributed by atoms with van der Waals surface area (Å²) in [5.74, 6) is 0.652. The SMILES string of the molecule is CN(CC1CCCN1C(=O)OC(C)(C)C)c1ncc(Br)cn1. The molecule has 2 heterocycles. The largest absolute Gasteiger partial charge is 0.444 e. The summed E-state index contributed by atoms with van der Waals surface area (Å²) < 4.78 is 6.33. The van der Waals surface area contributed by atoms with E-state index in [1.54, 1.807) is 12.4 Å². The molecule has 1 saturated heterocycles. The molecule has 0 bridgehead atoms. The molecular weight excluding hydrogens is 348 g/mol. The summed E-state index contributed by atoms with van der Waals surface area (Å²) >= 11 is 3.33. The molecule has 0 aromatic carbocycles. The van der Waals surface area contributed by atoms with E-state index in [9.17, 15) is 4.79 Å². The molecule has 1 unspecified atom stereocenters. The van der Waals surface area contributed by atoms with Crippen LogP contribution in [0.3, 0.4) is 0 Å². The Balaban J connectivity index is 1.98. The zero-order chi connectivity index (χ0) is 16.3. The van der Waals surface area contributed by atoms with Gasteiger partial charge in [-0.2, -0.15) is 0 Å². The van der Waals surface area contributed by atoms with Crippen LogP contribution in [0.4, 0.5) is 10.7 Å². The monoisotopic (exact) mass is 370 g/mol. The van der Waals surface area contributed by atoms with E-state index in [-0.39, 0.29) is 12.1 Å². The molecule has 2 rings (SSSR count). The Labute approximate surface area is 140 Å². The number of anilines is 1. The van der Waals surface area contributed by atoms with Crippen LogP contribution in [-0.4, -0.2) is 52.7 Å². The first-order valence-corrected chi connectivity index (χ1v) is 8.24. The van der Waals surface area contributed by atoms with Crippen molar-refractivity contribution in [2.75, 3.05) is 25.0 Å². The smallest absolute Gasteiger partial charge is 0.410 e. The lowest BCUT2D eigenvalue weighted by atomic mass is 10.2. The normalized spacial score (nSPS) is 18.4. The molecule has 1 aromatic rings. The van der Waals surface area contributed by atoms with Crippen LogP contribution in [0.15, 0.2) is 16.9 Å². The zero-order valence-electron chi connectivity index (χ0n) is 13.5. The quantitative estimate of drug-likeness (QED) is 0.817. The maximum absolute atomic E-state index is 12.3. The van der Waals surface area contributed by atoms with Crippen molar-refractivity contribution >= 4 is 28.0 Å². The third-order valence-corrected chi connectivity index (χ3v) is 3.85. The maximum atomic E-state index is 12.3. The minimum atomic E-state index is -0.467. The molecule has 0 N–H and O–H groups in total. The highest BCUT2D eigenvalue weighted by atomic mass is 79.9. The topological polar surface area (TPSA) is 58.6 Å². The third kappa shape index (κ3) is 4.56. The van der Waals surface area contributed by atoms with Gasteiger partial charge in [0.05, 0.1) is 10.5 Å². The minimum absolute atomic E-state index is 0.132. The summed E-state index contributed by atoms with van der Waals surface area (Å²) in [4.78, 5) is 24.6. The van der Waals surface area contributed by atoms with E-state index in [0.29, 0.717) is 12.5 Å². The lowest BCUT2D eigenvalue weighted by Crippen LogP contribution is -2.44. The van der Waals surface area contributed by atoms with Crippen LogP contribution in [0.2, 0.25) is 0 Å². The van der Waals surface area contributed by atoms with E-state index in [4.69, 9.17) is 4.74 Å². The number of likely N-dealkylation sites (N-methyl/N-ethyl adjacent to an activating group) is 1. The molecule has 1 atom stereocenters. The lowest BCUT2D eigenvalue weighted by molar-refractivity contribution is 0.0231. The van der Waals surface area contributed by atoms with E-state index < -0.39 is 5.60 Å². The van der Waals surface area contributed by atoms with Crippen LogP contribution in [-0.2, 0) is 4.74 Å². The number of nitrogens with zero attached hydrogens (tertiary/aromatic N) is 4. The summed E-state index contributed by atoms with van der Waals surface area (Å²) in [7, 11) is 1.94. The van der Waals surface area contributed by atoms with Gasteiger partial charge in [0.1, 0.15) is 5.60 Å². The Morgan fingerprint density at radius 2 is 2.09 bits per heavy atom. The molecule has 0 aliphatic carbocycles. The molecule has 0 radical (unpaired) electrons. The first-order chi connectivity index (χ1) is 10.3. The van der Waals surface area contributed by atoms with Crippen LogP contribution in [0.5, 0.6) is 0 Å². The molecule has 0 saturated carbocycles. The van der Waals surface area contributed by atoms with Crippen LogP contribution in [0, 0.1) is 0 Å². The fourth-order valence-corrected chi connectivity index (χ4v) is 2.69. The summed E-state index contributed by atoms with van der Waals surface area (Å²) in [6.45, 7) is 7.10. The van der Waals surface area contributed by atoms with E-state index >= 15 is 0 Å². The van der Waals surface area contributed by atoms with Crippen molar-refractivity contribution in [3.8, 4) is 0 Å². The minimum Gasteiger partial charge on any atom is -0.444 e. The van der Waals surface area contributed by atoms with E-state index in [0.717, 1.165) is 23.9 Å². The predicted molar refractivity (Wildman–Crippen MR) is 89.0 cm³/mol. The number of hydrogen-bond donors (Lipinski definition) is 0. The number of amides is 1. The molecular formula is C15H23BrN4O2. The highest BCUT2D eigenvalue weighted by Gasteiger charge is 2.33. The van der Waals surface area contributed by atoms with Crippen molar-refractivity contribution in [3.63, 3.8) is 0 Å². The van der Waals surface area contributed by atoms with Gasteiger partial charge >= 0.3 is 6.09 Å². The highest BCUT2D eigenvalue weighted by Crippen LogP contribution is 2.22. The average Bonchev–Trinajstić information content (AvgIpc) is 2.85. The Bertz CT molecular complexity index is 515. The van der Waals surface area contributed by atoms with Gasteiger partial charge in [0.25, 0.3) is 0 Å². The van der Waals surface area contributed by atoms with Gasteiger partial charge in [0.2, 0.25) is 5.95 Å². The van der Waals surface area contributed by atoms with Crippen LogP contribution < -0.4 is 4.90 Å². The molecule has 22 heavy (non-hydrogen) atoms.